The molecule has 0 spiro atoms. The van der Waals surface area contributed by atoms with Crippen LogP contribution in [0, 0.1) is 6.92 Å². The van der Waals surface area contributed by atoms with E-state index in [1.165, 1.54) is 12.2 Å². The Labute approximate surface area is 111 Å². The quantitative estimate of drug-likeness (QED) is 0.896. The van der Waals surface area contributed by atoms with E-state index in [1.807, 2.05) is 36.9 Å². The summed E-state index contributed by atoms with van der Waals surface area (Å²) in [4.78, 5) is 4.49. The van der Waals surface area contributed by atoms with Gasteiger partial charge in [-0.3, -0.25) is 4.98 Å². The average Bonchev–Trinajstić information content (AvgIpc) is 2.91. The van der Waals surface area contributed by atoms with Crippen molar-refractivity contribution in [1.82, 2.24) is 4.98 Å². The number of nitrogens with zero attached hydrogens (tertiary/aromatic N) is 1. The Morgan fingerprint density at radius 2 is 2.22 bits per heavy atom. The van der Waals surface area contributed by atoms with E-state index >= 15 is 0 Å². The predicted molar refractivity (Wildman–Crippen MR) is 76.9 cm³/mol. The van der Waals surface area contributed by atoms with Gasteiger partial charge in [-0.25, -0.2) is 0 Å². The third-order valence-corrected chi connectivity index (χ3v) is 4.96. The molecule has 0 radical (unpaired) electrons. The summed E-state index contributed by atoms with van der Waals surface area (Å²) in [6.07, 6.45) is 2.00. The van der Waals surface area contributed by atoms with Crippen molar-refractivity contribution in [2.24, 2.45) is 0 Å². The second kappa shape index (κ2) is 4.90. The number of benzene rings is 1. The number of aromatic nitrogens is 1. The topological polar surface area (TPSA) is 33.1 Å². The molecule has 2 aromatic rings. The van der Waals surface area contributed by atoms with Crippen LogP contribution in [0.25, 0.3) is 10.9 Å². The van der Waals surface area contributed by atoms with Crippen molar-refractivity contribution in [1.29, 1.82) is 0 Å². The average molecular weight is 259 g/mol. The summed E-state index contributed by atoms with van der Waals surface area (Å²) < 4.78 is 0. The largest absolute Gasteiger partial charge is 0.387 e. The molecular weight excluding hydrogens is 242 g/mol. The van der Waals surface area contributed by atoms with Gasteiger partial charge in [-0.2, -0.15) is 11.8 Å². The first-order valence-corrected chi connectivity index (χ1v) is 7.46. The minimum atomic E-state index is -0.344. The van der Waals surface area contributed by atoms with Crippen LogP contribution in [0.4, 0.5) is 0 Å². The van der Waals surface area contributed by atoms with Crippen molar-refractivity contribution in [3.05, 3.63) is 41.6 Å². The van der Waals surface area contributed by atoms with Gasteiger partial charge < -0.3 is 5.11 Å². The third-order valence-electron chi connectivity index (χ3n) is 3.51. The molecule has 1 saturated heterocycles. The van der Waals surface area contributed by atoms with Crippen LogP contribution in [0.3, 0.4) is 0 Å². The molecule has 2 nitrogen and oxygen atoms in total. The zero-order valence-corrected chi connectivity index (χ0v) is 11.3. The van der Waals surface area contributed by atoms with E-state index in [2.05, 4.69) is 17.1 Å². The Kier molecular flexibility index (Phi) is 3.27. The van der Waals surface area contributed by atoms with Crippen molar-refractivity contribution in [3.8, 4) is 0 Å². The molecule has 1 fully saturated rings. The Balaban J connectivity index is 1.94. The maximum atomic E-state index is 10.4. The number of hydrogen-bond donors (Lipinski definition) is 1. The highest BCUT2D eigenvalue weighted by Gasteiger charge is 2.25. The zero-order chi connectivity index (χ0) is 12.5. The highest BCUT2D eigenvalue weighted by Crippen LogP contribution is 2.36. The van der Waals surface area contributed by atoms with Gasteiger partial charge in [-0.1, -0.05) is 12.1 Å². The van der Waals surface area contributed by atoms with Gasteiger partial charge in [0.15, 0.2) is 0 Å². The first-order chi connectivity index (χ1) is 8.74. The highest BCUT2D eigenvalue weighted by molar-refractivity contribution is 8.00. The monoisotopic (exact) mass is 259 g/mol. The van der Waals surface area contributed by atoms with Gasteiger partial charge >= 0.3 is 0 Å². The molecule has 3 heteroatoms. The van der Waals surface area contributed by atoms with E-state index in [-0.39, 0.29) is 6.10 Å². The summed E-state index contributed by atoms with van der Waals surface area (Å²) in [5.41, 5.74) is 3.06. The molecule has 1 N–H and O–H groups in total. The molecule has 1 aliphatic heterocycles. The fourth-order valence-corrected chi connectivity index (χ4v) is 3.80. The molecule has 94 valence electrons. The molecule has 18 heavy (non-hydrogen) atoms. The SMILES string of the molecule is Cc1ccc2cc(C(O)C3CCCS3)ccc2n1. The van der Waals surface area contributed by atoms with Crippen LogP contribution in [-0.2, 0) is 0 Å². The Bertz CT molecular complexity index is 563. The number of aliphatic hydroxyl groups excluding tert-OH is 1. The second-order valence-electron chi connectivity index (χ2n) is 4.90. The molecule has 0 saturated carbocycles. The number of thioether (sulfide) groups is 1. The number of hydrogen-bond acceptors (Lipinski definition) is 3. The highest BCUT2D eigenvalue weighted by atomic mass is 32.2. The Hall–Kier alpha value is -1.06. The number of fused-ring (bicyclic) bond motifs is 1. The van der Waals surface area contributed by atoms with Gasteiger partial charge in [0.1, 0.15) is 0 Å². The standard InChI is InChI=1S/C15H17NOS/c1-10-4-5-11-9-12(6-7-13(11)16-10)15(17)14-3-2-8-18-14/h4-7,9,14-15,17H,2-3,8H2,1H3. The molecule has 2 atom stereocenters. The number of aryl methyl sites for hydroxylation is 1. The first-order valence-electron chi connectivity index (χ1n) is 6.41. The summed E-state index contributed by atoms with van der Waals surface area (Å²) in [6.45, 7) is 2.00. The van der Waals surface area contributed by atoms with Gasteiger partial charge in [0.2, 0.25) is 0 Å². The summed E-state index contributed by atoms with van der Waals surface area (Å²) in [5.74, 6) is 1.18. The lowest BCUT2D eigenvalue weighted by molar-refractivity contribution is 0.173. The smallest absolute Gasteiger partial charge is 0.0908 e. The normalized spacial score (nSPS) is 21.3. The van der Waals surface area contributed by atoms with E-state index in [4.69, 9.17) is 0 Å². The van der Waals surface area contributed by atoms with Crippen LogP contribution in [0.15, 0.2) is 30.3 Å². The van der Waals surface area contributed by atoms with Crippen LogP contribution in [0.5, 0.6) is 0 Å². The second-order valence-corrected chi connectivity index (χ2v) is 6.25. The summed E-state index contributed by atoms with van der Waals surface area (Å²) in [5, 5.41) is 11.9. The zero-order valence-electron chi connectivity index (χ0n) is 10.5. The number of aliphatic hydroxyl groups is 1. The third kappa shape index (κ3) is 2.25. The summed E-state index contributed by atoms with van der Waals surface area (Å²) in [7, 11) is 0. The fraction of sp³-hybridized carbons (Fsp3) is 0.400. The molecule has 0 bridgehead atoms. The molecular formula is C15H17NOS. The molecule has 1 aromatic heterocycles. The minimum absolute atomic E-state index is 0.344. The van der Waals surface area contributed by atoms with Crippen LogP contribution in [-0.4, -0.2) is 21.1 Å². The maximum absolute atomic E-state index is 10.4. The van der Waals surface area contributed by atoms with Gasteiger partial charge in [-0.15, -0.1) is 0 Å². The van der Waals surface area contributed by atoms with Crippen molar-refractivity contribution in [2.45, 2.75) is 31.1 Å². The van der Waals surface area contributed by atoms with E-state index in [9.17, 15) is 5.11 Å². The molecule has 2 heterocycles. The molecule has 3 rings (SSSR count). The van der Waals surface area contributed by atoms with Crippen molar-refractivity contribution in [3.63, 3.8) is 0 Å². The van der Waals surface area contributed by atoms with Gasteiger partial charge in [0.25, 0.3) is 0 Å². The van der Waals surface area contributed by atoms with Crippen LogP contribution in [0.2, 0.25) is 0 Å². The minimum Gasteiger partial charge on any atom is -0.387 e. The first kappa shape index (κ1) is 12.0. The molecule has 2 unspecified atom stereocenters. The van der Waals surface area contributed by atoms with Crippen LogP contribution >= 0.6 is 11.8 Å². The lowest BCUT2D eigenvalue weighted by atomic mass is 10.0. The van der Waals surface area contributed by atoms with Crippen LogP contribution < -0.4 is 0 Å². The number of rotatable bonds is 2. The van der Waals surface area contributed by atoms with E-state index in [0.29, 0.717) is 5.25 Å². The van der Waals surface area contributed by atoms with Crippen molar-refractivity contribution < 1.29 is 5.11 Å². The van der Waals surface area contributed by atoms with Gasteiger partial charge in [0.05, 0.1) is 11.6 Å². The molecule has 1 aliphatic rings. The maximum Gasteiger partial charge on any atom is 0.0908 e. The van der Waals surface area contributed by atoms with E-state index in [0.717, 1.165) is 28.6 Å². The number of pyridine rings is 1. The summed E-state index contributed by atoms with van der Waals surface area (Å²) >= 11 is 1.89. The molecule has 0 amide bonds. The fourth-order valence-electron chi connectivity index (χ4n) is 2.50. The Morgan fingerprint density at radius 1 is 1.33 bits per heavy atom. The lowest BCUT2D eigenvalue weighted by Crippen LogP contribution is -2.11. The van der Waals surface area contributed by atoms with E-state index < -0.39 is 0 Å². The van der Waals surface area contributed by atoms with Crippen molar-refractivity contribution in [2.75, 3.05) is 5.75 Å². The van der Waals surface area contributed by atoms with Gasteiger partial charge in [-0.05, 0) is 49.3 Å². The molecule has 0 aliphatic carbocycles. The van der Waals surface area contributed by atoms with E-state index in [1.54, 1.807) is 0 Å². The van der Waals surface area contributed by atoms with Gasteiger partial charge in [0, 0.05) is 16.3 Å². The van der Waals surface area contributed by atoms with Crippen molar-refractivity contribution >= 4 is 22.7 Å². The lowest BCUT2D eigenvalue weighted by Gasteiger charge is -2.17. The molecule has 1 aromatic carbocycles. The predicted octanol–water partition coefficient (Wildman–Crippen LogP) is 3.47. The van der Waals surface area contributed by atoms with Crippen LogP contribution in [0.1, 0.15) is 30.2 Å². The Morgan fingerprint density at radius 3 is 3.00 bits per heavy atom. The summed E-state index contributed by atoms with van der Waals surface area (Å²) in [6, 6.07) is 10.2.